The number of hydrogen-bond donors (Lipinski definition) is 2. The van der Waals surface area contributed by atoms with Crippen molar-refractivity contribution in [2.24, 2.45) is 5.73 Å². The molecule has 0 bridgehead atoms. The Balaban J connectivity index is 1.95. The lowest BCUT2D eigenvalue weighted by molar-refractivity contribution is 0.0921. The molecule has 1 aromatic heterocycles. The van der Waals surface area contributed by atoms with Crippen LogP contribution in [0.1, 0.15) is 40.4 Å². The molecule has 1 unspecified atom stereocenters. The maximum atomic E-state index is 11.9. The Morgan fingerprint density at radius 3 is 2.53 bits per heavy atom. The van der Waals surface area contributed by atoms with E-state index in [1.54, 1.807) is 12.1 Å². The largest absolute Gasteiger partial charge is 0.454 e. The lowest BCUT2D eigenvalue weighted by Crippen LogP contribution is -2.22. The standard InChI is InChI=1S/C15H18N2O2/c1-10-3-5-12(6-4-10)9-17-15(18)14-8-7-13(19-14)11(2)16/h3-8,11H,9,16H2,1-2H3,(H,17,18). The highest BCUT2D eigenvalue weighted by Gasteiger charge is 2.12. The van der Waals surface area contributed by atoms with Crippen LogP contribution in [0.3, 0.4) is 0 Å². The molecule has 100 valence electrons. The molecule has 4 nitrogen and oxygen atoms in total. The van der Waals surface area contributed by atoms with E-state index in [9.17, 15) is 4.79 Å². The van der Waals surface area contributed by atoms with Crippen LogP contribution in [0.25, 0.3) is 0 Å². The number of aryl methyl sites for hydroxylation is 1. The second kappa shape index (κ2) is 5.71. The van der Waals surface area contributed by atoms with Crippen molar-refractivity contribution in [2.45, 2.75) is 26.4 Å². The molecular weight excluding hydrogens is 240 g/mol. The summed E-state index contributed by atoms with van der Waals surface area (Å²) in [6, 6.07) is 11.2. The fourth-order valence-corrected chi connectivity index (χ4v) is 1.69. The number of furan rings is 1. The van der Waals surface area contributed by atoms with Crippen LogP contribution in [-0.2, 0) is 6.54 Å². The lowest BCUT2D eigenvalue weighted by atomic mass is 10.1. The zero-order chi connectivity index (χ0) is 13.8. The molecule has 0 fully saturated rings. The zero-order valence-electron chi connectivity index (χ0n) is 11.1. The van der Waals surface area contributed by atoms with E-state index in [4.69, 9.17) is 10.2 Å². The molecule has 0 aliphatic rings. The van der Waals surface area contributed by atoms with Crippen LogP contribution in [-0.4, -0.2) is 5.91 Å². The van der Waals surface area contributed by atoms with E-state index in [-0.39, 0.29) is 11.9 Å². The van der Waals surface area contributed by atoms with Gasteiger partial charge in [0.2, 0.25) is 0 Å². The molecular formula is C15H18N2O2. The molecule has 1 amide bonds. The smallest absolute Gasteiger partial charge is 0.287 e. The third-order valence-electron chi connectivity index (χ3n) is 2.87. The van der Waals surface area contributed by atoms with Gasteiger partial charge in [-0.05, 0) is 31.5 Å². The quantitative estimate of drug-likeness (QED) is 0.885. The number of hydrogen-bond acceptors (Lipinski definition) is 3. The van der Waals surface area contributed by atoms with Crippen molar-refractivity contribution < 1.29 is 9.21 Å². The number of carbonyl (C=O) groups is 1. The number of carbonyl (C=O) groups excluding carboxylic acids is 1. The second-order valence-electron chi connectivity index (χ2n) is 4.66. The molecule has 3 N–H and O–H groups in total. The SMILES string of the molecule is Cc1ccc(CNC(=O)c2ccc(C(C)N)o2)cc1. The Labute approximate surface area is 112 Å². The van der Waals surface area contributed by atoms with E-state index in [2.05, 4.69) is 5.32 Å². The van der Waals surface area contributed by atoms with Gasteiger partial charge in [-0.25, -0.2) is 0 Å². The number of rotatable bonds is 4. The maximum Gasteiger partial charge on any atom is 0.287 e. The fraction of sp³-hybridized carbons (Fsp3) is 0.267. The summed E-state index contributed by atoms with van der Waals surface area (Å²) in [7, 11) is 0. The van der Waals surface area contributed by atoms with Crippen molar-refractivity contribution in [3.05, 3.63) is 59.0 Å². The van der Waals surface area contributed by atoms with Crippen molar-refractivity contribution in [1.29, 1.82) is 0 Å². The van der Waals surface area contributed by atoms with Gasteiger partial charge in [-0.3, -0.25) is 4.79 Å². The minimum Gasteiger partial charge on any atom is -0.454 e. The van der Waals surface area contributed by atoms with Gasteiger partial charge < -0.3 is 15.5 Å². The first-order valence-corrected chi connectivity index (χ1v) is 6.25. The van der Waals surface area contributed by atoms with Crippen LogP contribution < -0.4 is 11.1 Å². The number of nitrogens with one attached hydrogen (secondary N) is 1. The molecule has 0 radical (unpaired) electrons. The average Bonchev–Trinajstić information content (AvgIpc) is 2.87. The van der Waals surface area contributed by atoms with Gasteiger partial charge in [-0.2, -0.15) is 0 Å². The van der Waals surface area contributed by atoms with Crippen LogP contribution in [0, 0.1) is 6.92 Å². The first kappa shape index (κ1) is 13.4. The molecule has 19 heavy (non-hydrogen) atoms. The predicted octanol–water partition coefficient (Wildman–Crippen LogP) is 2.54. The molecule has 1 aromatic carbocycles. The number of amides is 1. The average molecular weight is 258 g/mol. The normalized spacial score (nSPS) is 12.2. The summed E-state index contributed by atoms with van der Waals surface area (Å²) in [6.07, 6.45) is 0. The molecule has 0 aliphatic heterocycles. The van der Waals surface area contributed by atoms with Crippen LogP contribution in [0.2, 0.25) is 0 Å². The van der Waals surface area contributed by atoms with Gasteiger partial charge >= 0.3 is 0 Å². The summed E-state index contributed by atoms with van der Waals surface area (Å²) in [5.74, 6) is 0.673. The molecule has 0 aliphatic carbocycles. The molecule has 2 aromatic rings. The summed E-state index contributed by atoms with van der Waals surface area (Å²) in [5, 5.41) is 2.81. The lowest BCUT2D eigenvalue weighted by Gasteiger charge is -2.04. The fourth-order valence-electron chi connectivity index (χ4n) is 1.69. The van der Waals surface area contributed by atoms with E-state index in [0.29, 0.717) is 18.1 Å². The van der Waals surface area contributed by atoms with E-state index in [0.717, 1.165) is 5.56 Å². The first-order chi connectivity index (χ1) is 9.06. The Kier molecular flexibility index (Phi) is 4.02. The molecule has 4 heteroatoms. The molecule has 2 rings (SSSR count). The van der Waals surface area contributed by atoms with Crippen molar-refractivity contribution in [3.8, 4) is 0 Å². The van der Waals surface area contributed by atoms with Crippen molar-refractivity contribution in [2.75, 3.05) is 0 Å². The van der Waals surface area contributed by atoms with Gasteiger partial charge in [0.15, 0.2) is 5.76 Å². The number of nitrogens with two attached hydrogens (primary N) is 1. The summed E-state index contributed by atoms with van der Waals surface area (Å²) in [4.78, 5) is 11.9. The van der Waals surface area contributed by atoms with Gasteiger partial charge in [-0.1, -0.05) is 29.8 Å². The van der Waals surface area contributed by atoms with Crippen LogP contribution in [0.15, 0.2) is 40.8 Å². The minimum absolute atomic E-state index is 0.210. The summed E-state index contributed by atoms with van der Waals surface area (Å²) < 4.78 is 5.38. The Bertz CT molecular complexity index is 556. The summed E-state index contributed by atoms with van der Waals surface area (Å²) in [5.41, 5.74) is 7.93. The van der Waals surface area contributed by atoms with E-state index >= 15 is 0 Å². The van der Waals surface area contributed by atoms with Crippen LogP contribution in [0.5, 0.6) is 0 Å². The minimum atomic E-state index is -0.229. The Morgan fingerprint density at radius 1 is 1.26 bits per heavy atom. The molecule has 1 atom stereocenters. The molecule has 0 saturated carbocycles. The van der Waals surface area contributed by atoms with E-state index in [1.165, 1.54) is 5.56 Å². The summed E-state index contributed by atoms with van der Waals surface area (Å²) in [6.45, 7) is 4.32. The van der Waals surface area contributed by atoms with E-state index in [1.807, 2.05) is 38.1 Å². The molecule has 0 spiro atoms. The molecule has 0 saturated heterocycles. The monoisotopic (exact) mass is 258 g/mol. The second-order valence-corrected chi connectivity index (χ2v) is 4.66. The third-order valence-corrected chi connectivity index (χ3v) is 2.87. The highest BCUT2D eigenvalue weighted by atomic mass is 16.4. The van der Waals surface area contributed by atoms with Gasteiger partial charge in [0.1, 0.15) is 5.76 Å². The van der Waals surface area contributed by atoms with Crippen molar-refractivity contribution in [3.63, 3.8) is 0 Å². The van der Waals surface area contributed by atoms with E-state index < -0.39 is 0 Å². The predicted molar refractivity (Wildman–Crippen MR) is 73.7 cm³/mol. The Morgan fingerprint density at radius 2 is 1.95 bits per heavy atom. The van der Waals surface area contributed by atoms with Gasteiger partial charge in [-0.15, -0.1) is 0 Å². The topological polar surface area (TPSA) is 68.3 Å². The zero-order valence-corrected chi connectivity index (χ0v) is 11.1. The van der Waals surface area contributed by atoms with Crippen LogP contribution in [0.4, 0.5) is 0 Å². The molecule has 1 heterocycles. The first-order valence-electron chi connectivity index (χ1n) is 6.25. The van der Waals surface area contributed by atoms with Crippen molar-refractivity contribution >= 4 is 5.91 Å². The van der Waals surface area contributed by atoms with Gasteiger partial charge in [0.05, 0.1) is 6.04 Å². The highest BCUT2D eigenvalue weighted by Crippen LogP contribution is 2.14. The summed E-state index contributed by atoms with van der Waals surface area (Å²) >= 11 is 0. The van der Waals surface area contributed by atoms with Crippen LogP contribution >= 0.6 is 0 Å². The number of benzene rings is 1. The maximum absolute atomic E-state index is 11.9. The third kappa shape index (κ3) is 3.45. The Hall–Kier alpha value is -2.07. The van der Waals surface area contributed by atoms with Gasteiger partial charge in [0.25, 0.3) is 5.91 Å². The van der Waals surface area contributed by atoms with Crippen molar-refractivity contribution in [1.82, 2.24) is 5.32 Å². The van der Waals surface area contributed by atoms with Gasteiger partial charge in [0, 0.05) is 6.54 Å². The highest BCUT2D eigenvalue weighted by molar-refractivity contribution is 5.91.